The molecule has 1 fully saturated rings. The fourth-order valence-corrected chi connectivity index (χ4v) is 4.18. The largest absolute Gasteiger partial charge is 0.399 e. The Morgan fingerprint density at radius 2 is 2.16 bits per heavy atom. The molecule has 1 saturated heterocycles. The molecule has 1 unspecified atom stereocenters. The monoisotopic (exact) mass is 282 g/mol. The van der Waals surface area contributed by atoms with E-state index in [0.717, 1.165) is 24.8 Å². The van der Waals surface area contributed by atoms with E-state index < -0.39 is 10.0 Å². The van der Waals surface area contributed by atoms with E-state index in [1.54, 1.807) is 22.5 Å². The number of nitrogens with zero attached hydrogens (tertiary/aromatic N) is 1. The summed E-state index contributed by atoms with van der Waals surface area (Å²) in [5.41, 5.74) is 7.18. The Labute approximate surface area is 115 Å². The Hall–Kier alpha value is -1.07. The number of aryl methyl sites for hydroxylation is 1. The van der Waals surface area contributed by atoms with Crippen LogP contribution in [0.25, 0.3) is 0 Å². The topological polar surface area (TPSA) is 63.4 Å². The number of hydrogen-bond donors (Lipinski definition) is 1. The highest BCUT2D eigenvalue weighted by molar-refractivity contribution is 7.89. The van der Waals surface area contributed by atoms with E-state index in [-0.39, 0.29) is 0 Å². The van der Waals surface area contributed by atoms with Gasteiger partial charge in [0.1, 0.15) is 0 Å². The number of benzene rings is 1. The summed E-state index contributed by atoms with van der Waals surface area (Å²) in [6.45, 7) is 5.22. The van der Waals surface area contributed by atoms with Gasteiger partial charge in [-0.1, -0.05) is 13.3 Å². The van der Waals surface area contributed by atoms with Crippen molar-refractivity contribution in [1.29, 1.82) is 0 Å². The fourth-order valence-electron chi connectivity index (χ4n) is 2.54. The normalized spacial score (nSPS) is 21.5. The predicted octanol–water partition coefficient (Wildman–Crippen LogP) is 2.39. The Bertz CT molecular complexity index is 555. The first-order chi connectivity index (χ1) is 8.95. The third-order valence-corrected chi connectivity index (χ3v) is 5.80. The summed E-state index contributed by atoms with van der Waals surface area (Å²) in [6.07, 6.45) is 3.11. The second-order valence-corrected chi connectivity index (χ2v) is 7.24. The average molecular weight is 282 g/mol. The molecule has 0 aliphatic carbocycles. The first kappa shape index (κ1) is 14.3. The number of rotatable bonds is 3. The van der Waals surface area contributed by atoms with Crippen LogP contribution in [-0.2, 0) is 10.0 Å². The van der Waals surface area contributed by atoms with Gasteiger partial charge in [-0.15, -0.1) is 0 Å². The lowest BCUT2D eigenvalue weighted by molar-refractivity contribution is 0.261. The van der Waals surface area contributed by atoms with Gasteiger partial charge in [0, 0.05) is 18.8 Å². The fraction of sp³-hybridized carbons (Fsp3) is 0.571. The first-order valence-electron chi connectivity index (χ1n) is 6.81. The van der Waals surface area contributed by atoms with Crippen molar-refractivity contribution in [2.24, 2.45) is 5.92 Å². The molecule has 5 heteroatoms. The second kappa shape index (κ2) is 5.51. The maximum atomic E-state index is 12.6. The zero-order chi connectivity index (χ0) is 14.0. The van der Waals surface area contributed by atoms with Crippen molar-refractivity contribution in [2.45, 2.75) is 38.0 Å². The molecule has 0 spiro atoms. The summed E-state index contributed by atoms with van der Waals surface area (Å²) in [5, 5.41) is 0. The molecule has 2 rings (SSSR count). The van der Waals surface area contributed by atoms with Gasteiger partial charge < -0.3 is 5.73 Å². The van der Waals surface area contributed by atoms with Gasteiger partial charge in [0.25, 0.3) is 0 Å². The number of hydrogen-bond acceptors (Lipinski definition) is 3. The van der Waals surface area contributed by atoms with Crippen molar-refractivity contribution >= 4 is 15.7 Å². The van der Waals surface area contributed by atoms with E-state index in [1.165, 1.54) is 0 Å². The van der Waals surface area contributed by atoms with Crippen molar-refractivity contribution in [2.75, 3.05) is 18.8 Å². The Kier molecular flexibility index (Phi) is 4.16. The molecule has 1 atom stereocenters. The third-order valence-electron chi connectivity index (χ3n) is 3.94. The van der Waals surface area contributed by atoms with Crippen LogP contribution in [-0.4, -0.2) is 25.8 Å². The van der Waals surface area contributed by atoms with E-state index in [2.05, 4.69) is 6.92 Å². The maximum absolute atomic E-state index is 12.6. The number of nitrogen functional groups attached to an aromatic ring is 1. The molecular formula is C14H22N2O2S. The van der Waals surface area contributed by atoms with Crippen molar-refractivity contribution in [1.82, 2.24) is 4.31 Å². The summed E-state index contributed by atoms with van der Waals surface area (Å²) in [4.78, 5) is 0.357. The van der Waals surface area contributed by atoms with E-state index >= 15 is 0 Å². The molecule has 4 nitrogen and oxygen atoms in total. The van der Waals surface area contributed by atoms with Gasteiger partial charge >= 0.3 is 0 Å². The number of nitrogens with two attached hydrogens (primary N) is 1. The van der Waals surface area contributed by atoms with Crippen molar-refractivity contribution < 1.29 is 8.42 Å². The van der Waals surface area contributed by atoms with Crippen LogP contribution < -0.4 is 5.73 Å². The van der Waals surface area contributed by atoms with Crippen LogP contribution in [0.5, 0.6) is 0 Å². The van der Waals surface area contributed by atoms with Gasteiger partial charge in [-0.25, -0.2) is 8.42 Å². The van der Waals surface area contributed by atoms with Crippen LogP contribution in [0.1, 0.15) is 31.7 Å². The lowest BCUT2D eigenvalue weighted by Gasteiger charge is -2.31. The highest BCUT2D eigenvalue weighted by atomic mass is 32.2. The van der Waals surface area contributed by atoms with Crippen molar-refractivity contribution in [3.8, 4) is 0 Å². The number of sulfonamides is 1. The lowest BCUT2D eigenvalue weighted by atomic mass is 9.97. The summed E-state index contributed by atoms with van der Waals surface area (Å²) in [7, 11) is -3.37. The van der Waals surface area contributed by atoms with Gasteiger partial charge in [-0.3, -0.25) is 0 Å². The number of piperidine rings is 1. The molecule has 106 valence electrons. The molecule has 0 radical (unpaired) electrons. The summed E-state index contributed by atoms with van der Waals surface area (Å²) < 4.78 is 26.8. The van der Waals surface area contributed by atoms with Gasteiger partial charge in [0.15, 0.2) is 0 Å². The maximum Gasteiger partial charge on any atom is 0.243 e. The van der Waals surface area contributed by atoms with Crippen molar-refractivity contribution in [3.05, 3.63) is 23.8 Å². The smallest absolute Gasteiger partial charge is 0.243 e. The van der Waals surface area contributed by atoms with E-state index in [4.69, 9.17) is 5.73 Å². The Morgan fingerprint density at radius 3 is 2.79 bits per heavy atom. The highest BCUT2D eigenvalue weighted by Gasteiger charge is 2.29. The second-order valence-electron chi connectivity index (χ2n) is 5.30. The predicted molar refractivity (Wildman–Crippen MR) is 77.4 cm³/mol. The van der Waals surface area contributed by atoms with Crippen molar-refractivity contribution in [3.63, 3.8) is 0 Å². The van der Waals surface area contributed by atoms with Crippen LogP contribution in [0.3, 0.4) is 0 Å². The number of anilines is 1. The summed E-state index contributed by atoms with van der Waals surface area (Å²) >= 11 is 0. The molecular weight excluding hydrogens is 260 g/mol. The Morgan fingerprint density at radius 1 is 1.42 bits per heavy atom. The summed E-state index contributed by atoms with van der Waals surface area (Å²) in [6, 6.07) is 4.94. The quantitative estimate of drug-likeness (QED) is 0.866. The molecule has 1 aromatic carbocycles. The first-order valence-corrected chi connectivity index (χ1v) is 8.25. The molecule has 0 bridgehead atoms. The zero-order valence-corrected chi connectivity index (χ0v) is 12.4. The minimum absolute atomic E-state index is 0.357. The van der Waals surface area contributed by atoms with Gasteiger partial charge in [0.2, 0.25) is 10.0 Å². The molecule has 0 saturated carbocycles. The molecule has 1 aliphatic heterocycles. The van der Waals surface area contributed by atoms with Crippen LogP contribution >= 0.6 is 0 Å². The molecule has 1 heterocycles. The molecule has 1 aromatic rings. The third kappa shape index (κ3) is 2.92. The Balaban J connectivity index is 2.28. The van der Waals surface area contributed by atoms with Gasteiger partial charge in [-0.05, 0) is 49.4 Å². The highest BCUT2D eigenvalue weighted by Crippen LogP contribution is 2.26. The van der Waals surface area contributed by atoms with Crippen LogP contribution in [0, 0.1) is 12.8 Å². The summed E-state index contributed by atoms with van der Waals surface area (Å²) in [5.74, 6) is 0.485. The molecule has 2 N–H and O–H groups in total. The molecule has 0 amide bonds. The molecule has 1 aliphatic rings. The van der Waals surface area contributed by atoms with Crippen LogP contribution in [0.4, 0.5) is 5.69 Å². The minimum atomic E-state index is -3.37. The van der Waals surface area contributed by atoms with E-state index in [9.17, 15) is 8.42 Å². The SMILES string of the molecule is CCC1CCCN(S(=O)(=O)c2ccc(N)c(C)c2)C1. The average Bonchev–Trinajstić information content (AvgIpc) is 2.41. The molecule has 0 aromatic heterocycles. The standard InChI is InChI=1S/C14H22N2O2S/c1-3-12-5-4-8-16(10-12)19(17,18)13-6-7-14(15)11(2)9-13/h6-7,9,12H,3-5,8,10,15H2,1-2H3. The van der Waals surface area contributed by atoms with Crippen LogP contribution in [0.2, 0.25) is 0 Å². The van der Waals surface area contributed by atoms with Gasteiger partial charge in [0.05, 0.1) is 4.90 Å². The van der Waals surface area contributed by atoms with E-state index in [1.807, 2.05) is 6.92 Å². The minimum Gasteiger partial charge on any atom is -0.399 e. The zero-order valence-electron chi connectivity index (χ0n) is 11.6. The van der Waals surface area contributed by atoms with E-state index in [0.29, 0.717) is 29.6 Å². The lowest BCUT2D eigenvalue weighted by Crippen LogP contribution is -2.39. The van der Waals surface area contributed by atoms with Crippen LogP contribution in [0.15, 0.2) is 23.1 Å². The molecule has 19 heavy (non-hydrogen) atoms. The van der Waals surface area contributed by atoms with Gasteiger partial charge in [-0.2, -0.15) is 4.31 Å².